The highest BCUT2D eigenvalue weighted by molar-refractivity contribution is 6.13. The summed E-state index contributed by atoms with van der Waals surface area (Å²) in [4.78, 5) is 1.86. The van der Waals surface area contributed by atoms with Crippen LogP contribution in [-0.4, -0.2) is 130 Å². The van der Waals surface area contributed by atoms with Gasteiger partial charge in [0, 0.05) is 90.2 Å². The maximum Gasteiger partial charge on any atom is 0.262 e. The second-order valence-electron chi connectivity index (χ2n) is 8.12. The lowest BCUT2D eigenvalue weighted by atomic mass is 10.2. The van der Waals surface area contributed by atoms with Gasteiger partial charge in [-0.25, -0.2) is 0 Å². The van der Waals surface area contributed by atoms with Crippen LogP contribution >= 0.6 is 0 Å². The number of ether oxygens (including phenoxy) is 9. The van der Waals surface area contributed by atoms with E-state index in [4.69, 9.17) is 42.6 Å². The summed E-state index contributed by atoms with van der Waals surface area (Å²) < 4.78 is 58.5. The Balaban J connectivity index is 8.05. The van der Waals surface area contributed by atoms with E-state index in [0.717, 1.165) is 0 Å². The molecule has 0 N–H and O–H groups in total. The molecular weight excluding hydrogens is 531 g/mol. The summed E-state index contributed by atoms with van der Waals surface area (Å²) in [5.74, 6) is -4.46. The minimum absolute atomic E-state index is 0.339. The van der Waals surface area contributed by atoms with E-state index in [1.165, 1.54) is 0 Å². The molecule has 0 aromatic heterocycles. The van der Waals surface area contributed by atoms with Crippen molar-refractivity contribution in [1.82, 2.24) is 4.90 Å². The highest BCUT2D eigenvalue weighted by atomic mass is 28.2. The first kappa shape index (κ1) is 37.3. The highest BCUT2D eigenvalue weighted by Crippen LogP contribution is 2.45. The van der Waals surface area contributed by atoms with Crippen LogP contribution in [0.1, 0.15) is 62.3 Å². The fourth-order valence-corrected chi connectivity index (χ4v) is 7.49. The molecule has 0 aliphatic rings. The van der Waals surface area contributed by atoms with Gasteiger partial charge in [0.2, 0.25) is 0 Å². The molecule has 0 aliphatic heterocycles. The highest BCUT2D eigenvalue weighted by Gasteiger charge is 2.68. The third-order valence-electron chi connectivity index (χ3n) is 5.83. The minimum atomic E-state index is -1.49. The van der Waals surface area contributed by atoms with Gasteiger partial charge in [0.15, 0.2) is 0 Å². The molecular formula is C24H57NO9Si3. The summed E-state index contributed by atoms with van der Waals surface area (Å²) in [6.07, 6.45) is 0. The van der Waals surface area contributed by atoms with Crippen molar-refractivity contribution in [1.29, 1.82) is 0 Å². The van der Waals surface area contributed by atoms with Crippen LogP contribution in [0.25, 0.3) is 0 Å². The zero-order chi connectivity index (χ0) is 28.5. The first-order valence-electron chi connectivity index (χ1n) is 14.2. The van der Waals surface area contributed by atoms with E-state index >= 15 is 0 Å². The zero-order valence-electron chi connectivity index (χ0n) is 25.7. The monoisotopic (exact) mass is 587 g/mol. The average Bonchev–Trinajstić information content (AvgIpc) is 2.85. The van der Waals surface area contributed by atoms with Crippen molar-refractivity contribution in [3.63, 3.8) is 0 Å². The predicted molar refractivity (Wildman–Crippen MR) is 156 cm³/mol. The van der Waals surface area contributed by atoms with Crippen LogP contribution < -0.4 is 0 Å². The summed E-state index contributed by atoms with van der Waals surface area (Å²) >= 11 is 0. The van der Waals surface area contributed by atoms with Gasteiger partial charge < -0.3 is 42.6 Å². The molecule has 0 radical (unpaired) electrons. The zero-order valence-corrected chi connectivity index (χ0v) is 31.7. The van der Waals surface area contributed by atoms with Gasteiger partial charge in [-0.2, -0.15) is 0 Å². The molecule has 0 aromatic carbocycles. The van der Waals surface area contributed by atoms with Crippen molar-refractivity contribution in [2.45, 2.75) is 97.2 Å². The second-order valence-corrected chi connectivity index (χ2v) is 11.3. The van der Waals surface area contributed by atoms with Gasteiger partial charge in [-0.3, -0.25) is 0 Å². The molecule has 0 spiro atoms. The van der Waals surface area contributed by atoms with E-state index in [9.17, 15) is 0 Å². The van der Waals surface area contributed by atoms with Crippen molar-refractivity contribution >= 4 is 30.7 Å². The van der Waals surface area contributed by atoms with Crippen LogP contribution in [0.2, 0.25) is 0 Å². The van der Waals surface area contributed by atoms with Crippen molar-refractivity contribution in [2.24, 2.45) is 0 Å². The van der Waals surface area contributed by atoms with Crippen LogP contribution in [0.15, 0.2) is 0 Å². The summed E-state index contributed by atoms with van der Waals surface area (Å²) in [6.45, 7) is 20.9. The van der Waals surface area contributed by atoms with E-state index < -0.39 is 34.9 Å². The fourth-order valence-electron chi connectivity index (χ4n) is 4.72. The van der Waals surface area contributed by atoms with Gasteiger partial charge in [0.1, 0.15) is 17.2 Å². The molecule has 0 rings (SSSR count). The van der Waals surface area contributed by atoms with Gasteiger partial charge in [-0.1, -0.05) is 0 Å². The lowest BCUT2D eigenvalue weighted by Crippen LogP contribution is -2.82. The first-order chi connectivity index (χ1) is 17.7. The molecule has 0 bridgehead atoms. The standard InChI is InChI=1S/C24H57NO9Si3/c1-10-26-19(35)22(29-13-4,30-14-5)25(23(31-15-6,32-16-7)20(36)27-11-2)24(33-17-8,34-18-9)21(37)28-12-3/h19-21H,10-18H2,1-9,35-37H3. The lowest BCUT2D eigenvalue weighted by Gasteiger charge is -2.61. The van der Waals surface area contributed by atoms with Crippen LogP contribution in [0.4, 0.5) is 0 Å². The quantitative estimate of drug-likeness (QED) is 0.110. The average molecular weight is 588 g/mol. The SMILES string of the molecule is CCOC([SiH3])C(OCC)(OCC)N(C(OCC)(OCC)C([SiH3])OCC)C(OCC)(OCC)C([SiH3])OCC. The van der Waals surface area contributed by atoms with Gasteiger partial charge in [-0.15, -0.1) is 4.90 Å². The first-order valence-corrected chi connectivity index (χ1v) is 17.6. The van der Waals surface area contributed by atoms with Crippen LogP contribution in [0, 0.1) is 0 Å². The Labute approximate surface area is 234 Å². The molecule has 0 saturated heterocycles. The van der Waals surface area contributed by atoms with Crippen LogP contribution in [-0.2, 0) is 42.6 Å². The Bertz CT molecular complexity index is 486. The Morgan fingerprint density at radius 2 is 0.595 bits per heavy atom. The summed E-state index contributed by atoms with van der Waals surface area (Å²) in [5, 5.41) is 0. The number of nitrogens with zero attached hydrogens (tertiary/aromatic N) is 1. The van der Waals surface area contributed by atoms with Crippen LogP contribution in [0.3, 0.4) is 0 Å². The molecule has 0 heterocycles. The third-order valence-corrected chi connectivity index (χ3v) is 9.02. The normalized spacial score (nSPS) is 16.1. The van der Waals surface area contributed by atoms with Gasteiger partial charge in [-0.05, 0) is 62.3 Å². The van der Waals surface area contributed by atoms with Crippen molar-refractivity contribution in [3.8, 4) is 0 Å². The molecule has 224 valence electrons. The van der Waals surface area contributed by atoms with Gasteiger partial charge in [0.05, 0.1) is 0 Å². The molecule has 0 aromatic rings. The molecule has 13 heteroatoms. The van der Waals surface area contributed by atoms with Gasteiger partial charge in [0.25, 0.3) is 17.7 Å². The molecule has 0 aliphatic carbocycles. The third kappa shape index (κ3) is 8.87. The maximum atomic E-state index is 6.61. The molecule has 0 amide bonds. The topological polar surface area (TPSA) is 86.3 Å². The molecule has 0 saturated carbocycles. The predicted octanol–water partition coefficient (Wildman–Crippen LogP) is -0.347. The van der Waals surface area contributed by atoms with E-state index in [0.29, 0.717) is 90.2 Å². The number of rotatable bonds is 24. The molecule has 3 atom stereocenters. The van der Waals surface area contributed by atoms with E-state index in [-0.39, 0.29) is 0 Å². The maximum absolute atomic E-state index is 6.61. The van der Waals surface area contributed by atoms with E-state index in [2.05, 4.69) is 0 Å². The van der Waals surface area contributed by atoms with E-state index in [1.54, 1.807) is 0 Å². The van der Waals surface area contributed by atoms with Crippen molar-refractivity contribution in [3.05, 3.63) is 0 Å². The lowest BCUT2D eigenvalue weighted by molar-refractivity contribution is -0.529. The van der Waals surface area contributed by atoms with Crippen LogP contribution in [0.5, 0.6) is 0 Å². The largest absolute Gasteiger partial charge is 0.376 e. The van der Waals surface area contributed by atoms with Crippen molar-refractivity contribution in [2.75, 3.05) is 59.5 Å². The summed E-state index contributed by atoms with van der Waals surface area (Å²) in [7, 11) is 1.70. The Hall–Kier alpha value is 0.251. The number of hydrogen-bond donors (Lipinski definition) is 0. The van der Waals surface area contributed by atoms with Gasteiger partial charge >= 0.3 is 0 Å². The van der Waals surface area contributed by atoms with E-state index in [1.807, 2.05) is 67.2 Å². The smallest absolute Gasteiger partial charge is 0.262 e. The Morgan fingerprint density at radius 3 is 0.730 bits per heavy atom. The summed E-state index contributed by atoms with van der Waals surface area (Å²) in [6, 6.07) is 0. The molecule has 10 nitrogen and oxygen atoms in total. The molecule has 0 fully saturated rings. The second kappa shape index (κ2) is 19.3. The molecule has 37 heavy (non-hydrogen) atoms. The number of hydrogen-bond acceptors (Lipinski definition) is 10. The minimum Gasteiger partial charge on any atom is -0.376 e. The van der Waals surface area contributed by atoms with Crippen molar-refractivity contribution < 1.29 is 42.6 Å². The fraction of sp³-hybridized carbons (Fsp3) is 1.00. The summed E-state index contributed by atoms with van der Waals surface area (Å²) in [5.41, 5.74) is -1.41. The molecule has 3 unspecified atom stereocenters. The Morgan fingerprint density at radius 1 is 0.405 bits per heavy atom. The Kier molecular flexibility index (Phi) is 19.5.